The second-order valence-corrected chi connectivity index (χ2v) is 11.1. The topological polar surface area (TPSA) is 18.5 Å². The van der Waals surface area contributed by atoms with Gasteiger partial charge in [0.1, 0.15) is 0 Å². The zero-order chi connectivity index (χ0) is 18.5. The second kappa shape index (κ2) is 7.31. The predicted molar refractivity (Wildman–Crippen MR) is 109 cm³/mol. The molecule has 1 saturated heterocycles. The van der Waals surface area contributed by atoms with Gasteiger partial charge in [0.25, 0.3) is 0 Å². The van der Waals surface area contributed by atoms with Gasteiger partial charge in [-0.2, -0.15) is 0 Å². The van der Waals surface area contributed by atoms with E-state index in [9.17, 15) is 0 Å². The number of hydrogen-bond acceptors (Lipinski definition) is 2. The van der Waals surface area contributed by atoms with Crippen molar-refractivity contribution in [3.8, 4) is 0 Å². The normalized spacial score (nSPS) is 52.7. The van der Waals surface area contributed by atoms with Crippen molar-refractivity contribution in [3.05, 3.63) is 0 Å². The van der Waals surface area contributed by atoms with E-state index in [4.69, 9.17) is 9.47 Å². The maximum Gasteiger partial charge on any atom is 0.157 e. The van der Waals surface area contributed by atoms with Crippen LogP contribution < -0.4 is 0 Å². The first-order valence-electron chi connectivity index (χ1n) is 12.4. The van der Waals surface area contributed by atoms with E-state index in [1.54, 1.807) is 6.42 Å². The Morgan fingerprint density at radius 3 is 2.63 bits per heavy atom. The average Bonchev–Trinajstić information content (AvgIpc) is 3.14. The molecule has 0 aromatic heterocycles. The van der Waals surface area contributed by atoms with Crippen LogP contribution in [0.1, 0.15) is 104 Å². The summed E-state index contributed by atoms with van der Waals surface area (Å²) in [5.74, 6) is 4.01. The Balaban J connectivity index is 1.27. The van der Waals surface area contributed by atoms with Gasteiger partial charge in [-0.3, -0.25) is 0 Å². The van der Waals surface area contributed by atoms with Crippen LogP contribution in [0.3, 0.4) is 0 Å². The highest BCUT2D eigenvalue weighted by Gasteiger charge is 2.58. The summed E-state index contributed by atoms with van der Waals surface area (Å²) >= 11 is 0. The number of fused-ring (bicyclic) bond motifs is 5. The van der Waals surface area contributed by atoms with Crippen LogP contribution in [0.4, 0.5) is 0 Å². The highest BCUT2D eigenvalue weighted by atomic mass is 16.7. The third kappa shape index (κ3) is 3.12. The van der Waals surface area contributed by atoms with Crippen molar-refractivity contribution in [1.82, 2.24) is 0 Å². The van der Waals surface area contributed by atoms with Crippen molar-refractivity contribution in [2.75, 3.05) is 6.61 Å². The maximum absolute atomic E-state index is 6.44. The standard InChI is InChI=1S/C25H42O2/c1-3-25-13-6-7-22(25)20-10-9-18-17-19(27-23-8-4-5-16-26-23)11-14-24(18,2)21(20)12-15-25/h18-23H,3-17H2,1-2H3/t18-,19+,20+,21-,22-,23?,24-,25-/m0/s1. The molecule has 8 atom stereocenters. The molecule has 154 valence electrons. The lowest BCUT2D eigenvalue weighted by Gasteiger charge is -2.61. The van der Waals surface area contributed by atoms with Gasteiger partial charge in [0.2, 0.25) is 0 Å². The molecule has 1 aliphatic heterocycles. The molecule has 0 amide bonds. The van der Waals surface area contributed by atoms with Crippen molar-refractivity contribution in [1.29, 1.82) is 0 Å². The molecule has 1 heterocycles. The van der Waals surface area contributed by atoms with Crippen LogP contribution in [0.5, 0.6) is 0 Å². The van der Waals surface area contributed by atoms with Gasteiger partial charge in [-0.05, 0) is 112 Å². The van der Waals surface area contributed by atoms with Gasteiger partial charge in [0.15, 0.2) is 6.29 Å². The summed E-state index contributed by atoms with van der Waals surface area (Å²) in [6, 6.07) is 0. The minimum absolute atomic E-state index is 0.0998. The van der Waals surface area contributed by atoms with E-state index in [0.717, 1.165) is 42.1 Å². The first-order chi connectivity index (χ1) is 13.1. The zero-order valence-electron chi connectivity index (χ0n) is 17.9. The first kappa shape index (κ1) is 18.9. The molecule has 4 saturated carbocycles. The molecule has 2 nitrogen and oxygen atoms in total. The fourth-order valence-corrected chi connectivity index (χ4v) is 8.79. The third-order valence-corrected chi connectivity index (χ3v) is 10.3. The number of hydrogen-bond donors (Lipinski definition) is 0. The van der Waals surface area contributed by atoms with Crippen LogP contribution in [0.2, 0.25) is 0 Å². The minimum Gasteiger partial charge on any atom is -0.353 e. The quantitative estimate of drug-likeness (QED) is 0.510. The summed E-state index contributed by atoms with van der Waals surface area (Å²) in [6.07, 6.45) is 20.3. The molecule has 0 N–H and O–H groups in total. The van der Waals surface area contributed by atoms with E-state index in [1.165, 1.54) is 77.0 Å². The summed E-state index contributed by atoms with van der Waals surface area (Å²) in [6.45, 7) is 6.08. The van der Waals surface area contributed by atoms with Gasteiger partial charge in [0, 0.05) is 6.61 Å². The van der Waals surface area contributed by atoms with Crippen molar-refractivity contribution in [2.45, 2.75) is 116 Å². The summed E-state index contributed by atoms with van der Waals surface area (Å²) in [7, 11) is 0. The van der Waals surface area contributed by atoms with Gasteiger partial charge in [0.05, 0.1) is 6.10 Å². The number of rotatable bonds is 3. The van der Waals surface area contributed by atoms with E-state index >= 15 is 0 Å². The van der Waals surface area contributed by atoms with E-state index in [-0.39, 0.29) is 6.29 Å². The van der Waals surface area contributed by atoms with Gasteiger partial charge in [-0.1, -0.05) is 26.7 Å². The molecule has 27 heavy (non-hydrogen) atoms. The van der Waals surface area contributed by atoms with Crippen molar-refractivity contribution >= 4 is 0 Å². The molecular formula is C25H42O2. The third-order valence-electron chi connectivity index (χ3n) is 10.3. The number of ether oxygens (including phenoxy) is 2. The molecule has 0 spiro atoms. The van der Waals surface area contributed by atoms with Crippen molar-refractivity contribution < 1.29 is 9.47 Å². The fraction of sp³-hybridized carbons (Fsp3) is 1.00. The molecule has 0 aromatic carbocycles. The second-order valence-electron chi connectivity index (χ2n) is 11.1. The van der Waals surface area contributed by atoms with Gasteiger partial charge < -0.3 is 9.47 Å². The highest BCUT2D eigenvalue weighted by Crippen LogP contribution is 2.67. The molecule has 0 aromatic rings. The average molecular weight is 375 g/mol. The summed E-state index contributed by atoms with van der Waals surface area (Å²) in [5.41, 5.74) is 1.34. The minimum atomic E-state index is 0.0998. The van der Waals surface area contributed by atoms with Crippen molar-refractivity contribution in [3.63, 3.8) is 0 Å². The summed E-state index contributed by atoms with van der Waals surface area (Å²) in [5, 5.41) is 0. The molecule has 5 rings (SSSR count). The highest BCUT2D eigenvalue weighted by molar-refractivity contribution is 5.08. The van der Waals surface area contributed by atoms with Crippen LogP contribution >= 0.6 is 0 Å². The van der Waals surface area contributed by atoms with E-state index in [2.05, 4.69) is 13.8 Å². The van der Waals surface area contributed by atoms with Crippen LogP contribution in [0, 0.1) is 34.5 Å². The Morgan fingerprint density at radius 2 is 1.81 bits per heavy atom. The summed E-state index contributed by atoms with van der Waals surface area (Å²) in [4.78, 5) is 0. The first-order valence-corrected chi connectivity index (χ1v) is 12.4. The Bertz CT molecular complexity index is 526. The Labute approximate surface area is 167 Å². The van der Waals surface area contributed by atoms with Gasteiger partial charge >= 0.3 is 0 Å². The molecule has 5 fully saturated rings. The van der Waals surface area contributed by atoms with Gasteiger partial charge in [-0.15, -0.1) is 0 Å². The Hall–Kier alpha value is -0.0800. The lowest BCUT2D eigenvalue weighted by Crippen LogP contribution is -2.54. The van der Waals surface area contributed by atoms with Crippen LogP contribution in [-0.2, 0) is 9.47 Å². The zero-order valence-corrected chi connectivity index (χ0v) is 17.9. The molecular weight excluding hydrogens is 332 g/mol. The molecule has 0 radical (unpaired) electrons. The monoisotopic (exact) mass is 374 g/mol. The lowest BCUT2D eigenvalue weighted by atomic mass is 9.45. The van der Waals surface area contributed by atoms with Crippen LogP contribution in [0.15, 0.2) is 0 Å². The fourth-order valence-electron chi connectivity index (χ4n) is 8.79. The predicted octanol–water partition coefficient (Wildman–Crippen LogP) is 6.72. The van der Waals surface area contributed by atoms with Crippen molar-refractivity contribution in [2.24, 2.45) is 34.5 Å². The lowest BCUT2D eigenvalue weighted by molar-refractivity contribution is -0.212. The molecule has 5 aliphatic rings. The molecule has 1 unspecified atom stereocenters. The van der Waals surface area contributed by atoms with Crippen LogP contribution in [-0.4, -0.2) is 19.0 Å². The molecule has 2 heteroatoms. The molecule has 4 aliphatic carbocycles. The van der Waals surface area contributed by atoms with E-state index < -0.39 is 0 Å². The smallest absolute Gasteiger partial charge is 0.157 e. The Morgan fingerprint density at radius 1 is 0.889 bits per heavy atom. The summed E-state index contributed by atoms with van der Waals surface area (Å²) < 4.78 is 12.3. The SMILES string of the molecule is CC[C@@]12CCC[C@H]1[C@@H]1CC[C@H]3C[C@H](OC4CCCCO4)CC[C@]3(C)[C@H]1CC2. The Kier molecular flexibility index (Phi) is 5.12. The van der Waals surface area contributed by atoms with E-state index in [0.29, 0.717) is 11.5 Å². The molecule has 0 bridgehead atoms. The van der Waals surface area contributed by atoms with Gasteiger partial charge in [-0.25, -0.2) is 0 Å². The maximum atomic E-state index is 6.44. The van der Waals surface area contributed by atoms with Crippen LogP contribution in [0.25, 0.3) is 0 Å². The largest absolute Gasteiger partial charge is 0.353 e. The van der Waals surface area contributed by atoms with E-state index in [1.807, 2.05) is 0 Å².